The predicted molar refractivity (Wildman–Crippen MR) is 135 cm³/mol. The van der Waals surface area contributed by atoms with E-state index in [9.17, 15) is 14.4 Å². The standard InChI is InChI=1S/C21H21N5O2.C6H11NO/c22-11-14-9-17(14)21(28)26-7-4-12(5-8-26)16-10-18(25-20(27)13-1-2-13)24-19-15(16)3-6-23-19;7-6(8)5-3-1-2-4-5/h3-4,6,10,13-14,17H,1-2,5,7-9H2,(H2,23,24,25,27);5H,1-4H2,(H2,7,8)/t14-,17+;/m1./s1. The van der Waals surface area contributed by atoms with Gasteiger partial charge in [-0.1, -0.05) is 18.9 Å². The second kappa shape index (κ2) is 10.1. The van der Waals surface area contributed by atoms with Crippen LogP contribution < -0.4 is 11.1 Å². The van der Waals surface area contributed by atoms with E-state index in [1.54, 1.807) is 0 Å². The first-order valence-corrected chi connectivity index (χ1v) is 12.9. The minimum absolute atomic E-state index is 0.0373. The molecule has 9 nitrogen and oxygen atoms in total. The molecular weight excluding hydrogens is 456 g/mol. The smallest absolute Gasteiger partial charge is 0.228 e. The first kappa shape index (κ1) is 24.0. The van der Waals surface area contributed by atoms with Gasteiger partial charge in [0.25, 0.3) is 0 Å². The molecule has 0 radical (unpaired) electrons. The number of aromatic nitrogens is 2. The lowest BCUT2D eigenvalue weighted by Crippen LogP contribution is -2.36. The number of amides is 3. The maximum atomic E-state index is 12.5. The van der Waals surface area contributed by atoms with Crippen molar-refractivity contribution in [3.8, 4) is 6.07 Å². The zero-order valence-corrected chi connectivity index (χ0v) is 20.3. The number of primary amides is 1. The third-order valence-electron chi connectivity index (χ3n) is 7.63. The molecule has 0 spiro atoms. The van der Waals surface area contributed by atoms with Gasteiger partial charge in [-0.2, -0.15) is 5.26 Å². The summed E-state index contributed by atoms with van der Waals surface area (Å²) in [6, 6.07) is 6.11. The third kappa shape index (κ3) is 5.27. The van der Waals surface area contributed by atoms with Gasteiger partial charge >= 0.3 is 0 Å². The molecule has 36 heavy (non-hydrogen) atoms. The molecule has 3 saturated carbocycles. The zero-order valence-electron chi connectivity index (χ0n) is 20.3. The summed E-state index contributed by atoms with van der Waals surface area (Å²) in [6.07, 6.45) is 11.7. The quantitative estimate of drug-likeness (QED) is 0.591. The van der Waals surface area contributed by atoms with Crippen molar-refractivity contribution in [2.75, 3.05) is 18.4 Å². The normalized spacial score (nSPS) is 23.3. The van der Waals surface area contributed by atoms with E-state index in [-0.39, 0.29) is 41.4 Å². The van der Waals surface area contributed by atoms with Crippen LogP contribution >= 0.6 is 0 Å². The first-order chi connectivity index (χ1) is 17.4. The van der Waals surface area contributed by atoms with E-state index in [1.807, 2.05) is 23.2 Å². The van der Waals surface area contributed by atoms with Crippen molar-refractivity contribution < 1.29 is 14.4 Å². The van der Waals surface area contributed by atoms with Crippen molar-refractivity contribution in [3.63, 3.8) is 0 Å². The Morgan fingerprint density at radius 3 is 2.53 bits per heavy atom. The SMILES string of the molecule is N#C[C@H]1C[C@@H]1C(=O)N1CC=C(c2cc(NC(=O)C3CC3)nc3[nH]ccc23)CC1.NC(=O)C1CCCC1. The summed E-state index contributed by atoms with van der Waals surface area (Å²) in [4.78, 5) is 44.5. The Bertz CT molecular complexity index is 1250. The molecule has 3 amide bonds. The van der Waals surface area contributed by atoms with Crippen LogP contribution in [0.2, 0.25) is 0 Å². The van der Waals surface area contributed by atoms with Crippen molar-refractivity contribution >= 4 is 40.1 Å². The number of hydrogen-bond acceptors (Lipinski definition) is 5. The molecule has 2 aromatic rings. The largest absolute Gasteiger partial charge is 0.369 e. The van der Waals surface area contributed by atoms with Crippen LogP contribution in [0.4, 0.5) is 5.82 Å². The molecule has 3 fully saturated rings. The summed E-state index contributed by atoms with van der Waals surface area (Å²) in [5, 5.41) is 12.9. The molecule has 4 aliphatic rings. The zero-order chi connectivity index (χ0) is 25.2. The summed E-state index contributed by atoms with van der Waals surface area (Å²) in [5.41, 5.74) is 8.01. The summed E-state index contributed by atoms with van der Waals surface area (Å²) < 4.78 is 0. The van der Waals surface area contributed by atoms with E-state index >= 15 is 0 Å². The summed E-state index contributed by atoms with van der Waals surface area (Å²) in [5.74, 6) is 0.707. The lowest BCUT2D eigenvalue weighted by Gasteiger charge is -2.27. The molecule has 4 N–H and O–H groups in total. The number of hydrogen-bond donors (Lipinski definition) is 3. The average molecular weight is 489 g/mol. The van der Waals surface area contributed by atoms with Gasteiger partial charge in [0, 0.05) is 36.5 Å². The molecule has 1 aliphatic heterocycles. The van der Waals surface area contributed by atoms with Gasteiger partial charge in [-0.3, -0.25) is 14.4 Å². The Kier molecular flexibility index (Phi) is 6.77. The van der Waals surface area contributed by atoms with Crippen LogP contribution in [0, 0.1) is 35.0 Å². The van der Waals surface area contributed by atoms with E-state index in [2.05, 4.69) is 27.4 Å². The van der Waals surface area contributed by atoms with Crippen LogP contribution in [-0.2, 0) is 14.4 Å². The van der Waals surface area contributed by atoms with E-state index in [4.69, 9.17) is 11.0 Å². The van der Waals surface area contributed by atoms with Gasteiger partial charge in [0.15, 0.2) is 0 Å². The number of anilines is 1. The van der Waals surface area contributed by atoms with Gasteiger partial charge < -0.3 is 20.9 Å². The maximum Gasteiger partial charge on any atom is 0.228 e. The lowest BCUT2D eigenvalue weighted by molar-refractivity contribution is -0.132. The van der Waals surface area contributed by atoms with Gasteiger partial charge in [0.05, 0.1) is 17.9 Å². The van der Waals surface area contributed by atoms with E-state index in [0.29, 0.717) is 25.3 Å². The van der Waals surface area contributed by atoms with Gasteiger partial charge in [-0.05, 0) is 61.8 Å². The number of rotatable bonds is 5. The van der Waals surface area contributed by atoms with E-state index in [1.165, 1.54) is 12.8 Å². The van der Waals surface area contributed by atoms with Crippen molar-refractivity contribution in [1.29, 1.82) is 5.26 Å². The molecule has 2 atom stereocenters. The van der Waals surface area contributed by atoms with Crippen LogP contribution in [0.25, 0.3) is 16.6 Å². The fourth-order valence-electron chi connectivity index (χ4n) is 5.11. The highest BCUT2D eigenvalue weighted by molar-refractivity contribution is 5.97. The second-order valence-electron chi connectivity index (χ2n) is 10.3. The fourth-order valence-corrected chi connectivity index (χ4v) is 5.11. The van der Waals surface area contributed by atoms with Crippen molar-refractivity contribution in [1.82, 2.24) is 14.9 Å². The Labute approximate surface area is 210 Å². The van der Waals surface area contributed by atoms with Crippen LogP contribution in [-0.4, -0.2) is 45.7 Å². The number of carbonyl (C=O) groups is 3. The number of nitrogens with two attached hydrogens (primary N) is 1. The van der Waals surface area contributed by atoms with Crippen LogP contribution in [0.5, 0.6) is 0 Å². The number of nitrogens with zero attached hydrogens (tertiary/aromatic N) is 3. The van der Waals surface area contributed by atoms with Gasteiger partial charge in [0.2, 0.25) is 17.7 Å². The highest BCUT2D eigenvalue weighted by atomic mass is 16.2. The molecule has 0 saturated heterocycles. The second-order valence-corrected chi connectivity index (χ2v) is 10.3. The highest BCUT2D eigenvalue weighted by Gasteiger charge is 2.45. The summed E-state index contributed by atoms with van der Waals surface area (Å²) in [6.45, 7) is 1.21. The predicted octanol–water partition coefficient (Wildman–Crippen LogP) is 3.35. The maximum absolute atomic E-state index is 12.5. The molecule has 0 unspecified atom stereocenters. The summed E-state index contributed by atoms with van der Waals surface area (Å²) in [7, 11) is 0. The molecule has 3 aliphatic carbocycles. The van der Waals surface area contributed by atoms with Crippen molar-refractivity contribution in [2.45, 2.75) is 51.4 Å². The number of nitriles is 1. The van der Waals surface area contributed by atoms with E-state index < -0.39 is 0 Å². The first-order valence-electron chi connectivity index (χ1n) is 12.9. The summed E-state index contributed by atoms with van der Waals surface area (Å²) >= 11 is 0. The molecule has 0 aromatic carbocycles. The average Bonchev–Trinajstić information content (AvgIpc) is 3.78. The van der Waals surface area contributed by atoms with E-state index in [0.717, 1.165) is 54.3 Å². The molecule has 9 heteroatoms. The highest BCUT2D eigenvalue weighted by Crippen LogP contribution is 2.40. The van der Waals surface area contributed by atoms with Crippen molar-refractivity contribution in [2.24, 2.45) is 29.4 Å². The van der Waals surface area contributed by atoms with Crippen molar-refractivity contribution in [3.05, 3.63) is 30.0 Å². The molecule has 3 heterocycles. The van der Waals surface area contributed by atoms with Gasteiger partial charge in [-0.25, -0.2) is 4.98 Å². The number of H-pyrrole nitrogens is 1. The molecule has 0 bridgehead atoms. The molecule has 6 rings (SSSR count). The third-order valence-corrected chi connectivity index (χ3v) is 7.63. The minimum Gasteiger partial charge on any atom is -0.369 e. The number of carbonyl (C=O) groups excluding carboxylic acids is 3. The Hall–Kier alpha value is -3.67. The van der Waals surface area contributed by atoms with Crippen LogP contribution in [0.3, 0.4) is 0 Å². The van der Waals surface area contributed by atoms with Gasteiger partial charge in [0.1, 0.15) is 11.5 Å². The van der Waals surface area contributed by atoms with Crippen LogP contribution in [0.1, 0.15) is 56.9 Å². The van der Waals surface area contributed by atoms with Crippen LogP contribution in [0.15, 0.2) is 24.4 Å². The molecule has 2 aromatic heterocycles. The number of fused-ring (bicyclic) bond motifs is 1. The number of pyridine rings is 1. The monoisotopic (exact) mass is 488 g/mol. The number of aromatic amines is 1. The lowest BCUT2D eigenvalue weighted by atomic mass is 9.97. The fraction of sp³-hybridized carbons (Fsp3) is 0.519. The minimum atomic E-state index is -0.110. The van der Waals surface area contributed by atoms with Gasteiger partial charge in [-0.15, -0.1) is 0 Å². The Morgan fingerprint density at radius 1 is 1.17 bits per heavy atom. The Morgan fingerprint density at radius 2 is 1.94 bits per heavy atom. The number of nitrogens with one attached hydrogen (secondary N) is 2. The topological polar surface area (TPSA) is 145 Å². The Balaban J connectivity index is 0.000000286. The molecule has 188 valence electrons. The molecular formula is C27H32N6O3.